The van der Waals surface area contributed by atoms with Crippen molar-refractivity contribution in [2.24, 2.45) is 5.73 Å². The van der Waals surface area contributed by atoms with Crippen LogP contribution in [0.5, 0.6) is 0 Å². The molecule has 0 aliphatic rings. The van der Waals surface area contributed by atoms with E-state index in [1.807, 2.05) is 0 Å². The van der Waals surface area contributed by atoms with E-state index in [-0.39, 0.29) is 35.7 Å². The molecule has 0 spiro atoms. The molecule has 7 heteroatoms. The SMILES string of the molecule is COCCNS(=O)(=O)c1cc(C)c(F)c(CN)c1. The van der Waals surface area contributed by atoms with Crippen molar-refractivity contribution in [3.05, 3.63) is 29.1 Å². The van der Waals surface area contributed by atoms with Crippen LogP contribution in [0.4, 0.5) is 4.39 Å². The Morgan fingerprint density at radius 2 is 2.11 bits per heavy atom. The molecular formula is C11H17FN2O3S. The molecular weight excluding hydrogens is 259 g/mol. The average Bonchev–Trinajstić information content (AvgIpc) is 2.32. The van der Waals surface area contributed by atoms with E-state index in [1.165, 1.54) is 26.2 Å². The Kier molecular flexibility index (Phi) is 5.21. The van der Waals surface area contributed by atoms with Crippen LogP contribution in [0.1, 0.15) is 11.1 Å². The second-order valence-electron chi connectivity index (χ2n) is 3.81. The van der Waals surface area contributed by atoms with E-state index in [1.54, 1.807) is 0 Å². The number of methoxy groups -OCH3 is 1. The Hall–Kier alpha value is -1.02. The molecule has 0 atom stereocenters. The van der Waals surface area contributed by atoms with Gasteiger partial charge in [-0.1, -0.05) is 0 Å². The Morgan fingerprint density at radius 3 is 2.67 bits per heavy atom. The fourth-order valence-corrected chi connectivity index (χ4v) is 2.62. The van der Waals surface area contributed by atoms with Crippen LogP contribution in [0.15, 0.2) is 17.0 Å². The summed E-state index contributed by atoms with van der Waals surface area (Å²) in [6.07, 6.45) is 0. The fraction of sp³-hybridized carbons (Fsp3) is 0.455. The number of nitrogens with two attached hydrogens (primary N) is 1. The molecule has 1 rings (SSSR count). The highest BCUT2D eigenvalue weighted by Crippen LogP contribution is 2.18. The summed E-state index contributed by atoms with van der Waals surface area (Å²) in [7, 11) is -2.18. The Morgan fingerprint density at radius 1 is 1.44 bits per heavy atom. The lowest BCUT2D eigenvalue weighted by atomic mass is 10.1. The molecule has 0 bridgehead atoms. The van der Waals surface area contributed by atoms with Crippen LogP contribution in [0.2, 0.25) is 0 Å². The van der Waals surface area contributed by atoms with E-state index >= 15 is 0 Å². The van der Waals surface area contributed by atoms with Gasteiger partial charge in [-0.3, -0.25) is 0 Å². The third-order valence-corrected chi connectivity index (χ3v) is 3.87. The first-order valence-electron chi connectivity index (χ1n) is 5.40. The minimum absolute atomic E-state index is 0.0120. The zero-order valence-corrected chi connectivity index (χ0v) is 11.2. The quantitative estimate of drug-likeness (QED) is 0.742. The molecule has 1 aromatic carbocycles. The van der Waals surface area contributed by atoms with E-state index < -0.39 is 15.8 Å². The minimum Gasteiger partial charge on any atom is -0.383 e. The van der Waals surface area contributed by atoms with Gasteiger partial charge in [0.05, 0.1) is 11.5 Å². The number of rotatable bonds is 6. The van der Waals surface area contributed by atoms with Crippen LogP contribution < -0.4 is 10.5 Å². The molecule has 0 radical (unpaired) electrons. The molecule has 102 valence electrons. The highest BCUT2D eigenvalue weighted by atomic mass is 32.2. The van der Waals surface area contributed by atoms with Gasteiger partial charge in [-0.25, -0.2) is 17.5 Å². The van der Waals surface area contributed by atoms with Gasteiger partial charge in [-0.05, 0) is 24.6 Å². The number of ether oxygens (including phenoxy) is 1. The molecule has 5 nitrogen and oxygen atoms in total. The fourth-order valence-electron chi connectivity index (χ4n) is 1.47. The summed E-state index contributed by atoms with van der Waals surface area (Å²) < 4.78 is 44.5. The summed E-state index contributed by atoms with van der Waals surface area (Å²) >= 11 is 0. The number of hydrogen-bond donors (Lipinski definition) is 2. The maximum atomic E-state index is 13.6. The number of sulfonamides is 1. The van der Waals surface area contributed by atoms with Gasteiger partial charge < -0.3 is 10.5 Å². The summed E-state index contributed by atoms with van der Waals surface area (Å²) in [5.74, 6) is -0.464. The van der Waals surface area contributed by atoms with Crippen LogP contribution in [0, 0.1) is 12.7 Å². The van der Waals surface area contributed by atoms with E-state index in [0.717, 1.165) is 0 Å². The summed E-state index contributed by atoms with van der Waals surface area (Å²) in [6.45, 7) is 1.88. The molecule has 18 heavy (non-hydrogen) atoms. The van der Waals surface area contributed by atoms with Crippen molar-refractivity contribution in [1.82, 2.24) is 4.72 Å². The molecule has 0 amide bonds. The molecule has 1 aromatic rings. The Labute approximate surface area is 106 Å². The number of hydrogen-bond acceptors (Lipinski definition) is 4. The van der Waals surface area contributed by atoms with Crippen molar-refractivity contribution in [1.29, 1.82) is 0 Å². The Bertz CT molecular complexity index is 517. The summed E-state index contributed by atoms with van der Waals surface area (Å²) in [6, 6.07) is 2.53. The molecule has 0 aliphatic carbocycles. The third-order valence-electron chi connectivity index (χ3n) is 2.43. The van der Waals surface area contributed by atoms with Crippen LogP contribution in [-0.4, -0.2) is 28.7 Å². The maximum Gasteiger partial charge on any atom is 0.240 e. The Balaban J connectivity index is 3.05. The van der Waals surface area contributed by atoms with E-state index in [9.17, 15) is 12.8 Å². The first kappa shape index (κ1) is 15.0. The van der Waals surface area contributed by atoms with Gasteiger partial charge in [-0.15, -0.1) is 0 Å². The molecule has 3 N–H and O–H groups in total. The number of benzene rings is 1. The molecule has 0 saturated carbocycles. The molecule has 0 unspecified atom stereocenters. The molecule has 0 aromatic heterocycles. The standard InChI is InChI=1S/C11H17FN2O3S/c1-8-5-10(6-9(7-13)11(8)12)18(15,16)14-3-4-17-2/h5-6,14H,3-4,7,13H2,1-2H3. The first-order chi connectivity index (χ1) is 8.42. The van der Waals surface area contributed by atoms with Crippen LogP contribution in [0.3, 0.4) is 0 Å². The smallest absolute Gasteiger partial charge is 0.240 e. The molecule has 0 heterocycles. The molecule has 0 saturated heterocycles. The van der Waals surface area contributed by atoms with E-state index in [0.29, 0.717) is 0 Å². The molecule has 0 fully saturated rings. The van der Waals surface area contributed by atoms with Crippen molar-refractivity contribution in [3.63, 3.8) is 0 Å². The van der Waals surface area contributed by atoms with Crippen molar-refractivity contribution in [2.45, 2.75) is 18.4 Å². The van der Waals surface area contributed by atoms with Gasteiger partial charge in [0.1, 0.15) is 5.82 Å². The lowest BCUT2D eigenvalue weighted by Crippen LogP contribution is -2.27. The van der Waals surface area contributed by atoms with Crippen molar-refractivity contribution >= 4 is 10.0 Å². The van der Waals surface area contributed by atoms with E-state index in [4.69, 9.17) is 10.5 Å². The van der Waals surface area contributed by atoms with Crippen LogP contribution in [0.25, 0.3) is 0 Å². The number of nitrogens with one attached hydrogen (secondary N) is 1. The highest BCUT2D eigenvalue weighted by Gasteiger charge is 2.17. The van der Waals surface area contributed by atoms with Crippen molar-refractivity contribution in [3.8, 4) is 0 Å². The maximum absolute atomic E-state index is 13.6. The van der Waals surface area contributed by atoms with Gasteiger partial charge in [0, 0.05) is 25.8 Å². The zero-order chi connectivity index (χ0) is 13.8. The van der Waals surface area contributed by atoms with Gasteiger partial charge >= 0.3 is 0 Å². The van der Waals surface area contributed by atoms with Gasteiger partial charge in [0.2, 0.25) is 10.0 Å². The number of halogens is 1. The predicted octanol–water partition coefficient (Wildman–Crippen LogP) is 0.518. The first-order valence-corrected chi connectivity index (χ1v) is 6.88. The summed E-state index contributed by atoms with van der Waals surface area (Å²) in [4.78, 5) is 0.0120. The third kappa shape index (κ3) is 3.49. The topological polar surface area (TPSA) is 81.4 Å². The lowest BCUT2D eigenvalue weighted by Gasteiger charge is -2.10. The van der Waals surface area contributed by atoms with Crippen molar-refractivity contribution < 1.29 is 17.5 Å². The van der Waals surface area contributed by atoms with Crippen LogP contribution in [-0.2, 0) is 21.3 Å². The number of aryl methyl sites for hydroxylation is 1. The second-order valence-corrected chi connectivity index (χ2v) is 5.57. The van der Waals surface area contributed by atoms with Gasteiger partial charge in [0.15, 0.2) is 0 Å². The second kappa shape index (κ2) is 6.24. The van der Waals surface area contributed by atoms with Crippen LogP contribution >= 0.6 is 0 Å². The lowest BCUT2D eigenvalue weighted by molar-refractivity contribution is 0.204. The average molecular weight is 276 g/mol. The zero-order valence-electron chi connectivity index (χ0n) is 10.4. The minimum atomic E-state index is -3.66. The van der Waals surface area contributed by atoms with Gasteiger partial charge in [-0.2, -0.15) is 0 Å². The largest absolute Gasteiger partial charge is 0.383 e. The summed E-state index contributed by atoms with van der Waals surface area (Å²) in [5, 5.41) is 0. The van der Waals surface area contributed by atoms with Gasteiger partial charge in [0.25, 0.3) is 0 Å². The predicted molar refractivity (Wildman–Crippen MR) is 66.1 cm³/mol. The normalized spacial score (nSPS) is 11.8. The monoisotopic (exact) mass is 276 g/mol. The summed E-state index contributed by atoms with van der Waals surface area (Å²) in [5.41, 5.74) is 5.82. The van der Waals surface area contributed by atoms with Crippen molar-refractivity contribution in [2.75, 3.05) is 20.3 Å². The van der Waals surface area contributed by atoms with E-state index in [2.05, 4.69) is 4.72 Å². The highest BCUT2D eigenvalue weighted by molar-refractivity contribution is 7.89. The molecule has 0 aliphatic heterocycles.